The molecule has 1 heteroatoms. The zero-order valence-corrected chi connectivity index (χ0v) is 5.26. The van der Waals surface area contributed by atoms with Gasteiger partial charge in [0.25, 0.3) is 0 Å². The molecule has 0 aromatic heterocycles. The summed E-state index contributed by atoms with van der Waals surface area (Å²) < 4.78 is 5.30. The summed E-state index contributed by atoms with van der Waals surface area (Å²) in [7, 11) is 0. The van der Waals surface area contributed by atoms with E-state index in [1.807, 2.05) is 0 Å². The highest BCUT2D eigenvalue weighted by Crippen LogP contribution is 2.43. The Labute approximate surface area is 50.0 Å². The van der Waals surface area contributed by atoms with Crippen molar-refractivity contribution in [1.82, 2.24) is 0 Å². The fourth-order valence-corrected chi connectivity index (χ4v) is 1.94. The molecule has 2 aliphatic rings. The highest BCUT2D eigenvalue weighted by molar-refractivity contribution is 4.89. The molecule has 1 heterocycles. The molecular weight excluding hydrogens is 100 g/mol. The van der Waals surface area contributed by atoms with Crippen LogP contribution in [0.15, 0.2) is 0 Å². The third-order valence-electron chi connectivity index (χ3n) is 2.65. The summed E-state index contributed by atoms with van der Waals surface area (Å²) >= 11 is 0. The second-order valence-corrected chi connectivity index (χ2v) is 3.17. The number of rotatable bonds is 0. The molecule has 3 atom stereocenters. The molecule has 0 bridgehead atoms. The number of hydrogen-bond acceptors (Lipinski definition) is 1. The minimum atomic E-state index is 0.940. The lowest BCUT2D eigenvalue weighted by atomic mass is 9.68. The molecule has 46 valence electrons. The normalized spacial score (nSPS) is 52.9. The van der Waals surface area contributed by atoms with Crippen LogP contribution >= 0.6 is 0 Å². The Morgan fingerprint density at radius 2 is 2.25 bits per heavy atom. The molecule has 0 aromatic carbocycles. The maximum Gasteiger partial charge on any atom is 0.0500 e. The predicted octanol–water partition coefficient (Wildman–Crippen LogP) is 1.29. The van der Waals surface area contributed by atoms with Crippen molar-refractivity contribution in [3.8, 4) is 0 Å². The van der Waals surface area contributed by atoms with Crippen molar-refractivity contribution in [1.29, 1.82) is 0 Å². The summed E-state index contributed by atoms with van der Waals surface area (Å²) in [5.41, 5.74) is 0. The summed E-state index contributed by atoms with van der Waals surface area (Å²) in [6.45, 7) is 4.43. The van der Waals surface area contributed by atoms with Crippen molar-refractivity contribution < 1.29 is 4.74 Å². The first-order valence-corrected chi connectivity index (χ1v) is 3.45. The summed E-state index contributed by atoms with van der Waals surface area (Å²) in [4.78, 5) is 0. The summed E-state index contributed by atoms with van der Waals surface area (Å²) in [6.07, 6.45) is 1.42. The van der Waals surface area contributed by atoms with Crippen LogP contribution in [0.1, 0.15) is 13.3 Å². The van der Waals surface area contributed by atoms with E-state index < -0.39 is 0 Å². The van der Waals surface area contributed by atoms with Gasteiger partial charge in [0.15, 0.2) is 0 Å². The van der Waals surface area contributed by atoms with Gasteiger partial charge in [0.2, 0.25) is 0 Å². The van der Waals surface area contributed by atoms with E-state index >= 15 is 0 Å². The van der Waals surface area contributed by atoms with Gasteiger partial charge in [0.1, 0.15) is 0 Å². The van der Waals surface area contributed by atoms with Gasteiger partial charge in [0, 0.05) is 13.2 Å². The van der Waals surface area contributed by atoms with Crippen molar-refractivity contribution >= 4 is 0 Å². The van der Waals surface area contributed by atoms with Crippen LogP contribution in [0.5, 0.6) is 0 Å². The predicted molar refractivity (Wildman–Crippen MR) is 31.6 cm³/mol. The van der Waals surface area contributed by atoms with E-state index in [-0.39, 0.29) is 0 Å². The van der Waals surface area contributed by atoms with Gasteiger partial charge >= 0.3 is 0 Å². The number of ether oxygens (including phenoxy) is 1. The zero-order valence-electron chi connectivity index (χ0n) is 5.26. The second kappa shape index (κ2) is 1.47. The monoisotopic (exact) mass is 112 g/mol. The third kappa shape index (κ3) is 0.455. The number of hydrogen-bond donors (Lipinski definition) is 0. The molecule has 0 amide bonds. The molecule has 0 spiro atoms. The van der Waals surface area contributed by atoms with E-state index in [4.69, 9.17) is 4.74 Å². The molecular formula is C7H12O. The van der Waals surface area contributed by atoms with Crippen LogP contribution in [-0.4, -0.2) is 13.2 Å². The molecule has 1 aliphatic carbocycles. The lowest BCUT2D eigenvalue weighted by Gasteiger charge is -2.35. The summed E-state index contributed by atoms with van der Waals surface area (Å²) in [5.74, 6) is 2.85. The molecule has 2 fully saturated rings. The van der Waals surface area contributed by atoms with Gasteiger partial charge in [-0.3, -0.25) is 0 Å². The van der Waals surface area contributed by atoms with Crippen molar-refractivity contribution in [2.45, 2.75) is 13.3 Å². The standard InChI is InChI=1S/C7H12O/c1-5-2-6-3-8-4-7(5)6/h5-7H,2-4H2,1H3/t5-,6?,7?/m0/s1. The quantitative estimate of drug-likeness (QED) is 0.459. The maximum atomic E-state index is 5.30. The van der Waals surface area contributed by atoms with E-state index in [9.17, 15) is 0 Å². The molecule has 8 heavy (non-hydrogen) atoms. The van der Waals surface area contributed by atoms with E-state index in [1.165, 1.54) is 6.42 Å². The Bertz CT molecular complexity index is 101. The van der Waals surface area contributed by atoms with E-state index in [0.717, 1.165) is 31.0 Å². The van der Waals surface area contributed by atoms with Crippen LogP contribution < -0.4 is 0 Å². The second-order valence-electron chi connectivity index (χ2n) is 3.17. The smallest absolute Gasteiger partial charge is 0.0500 e. The lowest BCUT2D eigenvalue weighted by molar-refractivity contribution is 0.138. The molecule has 1 nitrogen and oxygen atoms in total. The van der Waals surface area contributed by atoms with Crippen LogP contribution in [-0.2, 0) is 4.74 Å². The van der Waals surface area contributed by atoms with Crippen molar-refractivity contribution in [2.24, 2.45) is 17.8 Å². The largest absolute Gasteiger partial charge is 0.381 e. The van der Waals surface area contributed by atoms with E-state index in [2.05, 4.69) is 6.92 Å². The highest BCUT2D eigenvalue weighted by atomic mass is 16.5. The van der Waals surface area contributed by atoms with Gasteiger partial charge in [-0.15, -0.1) is 0 Å². The van der Waals surface area contributed by atoms with E-state index in [0.29, 0.717) is 0 Å². The Balaban J connectivity index is 2.02. The Morgan fingerprint density at radius 1 is 1.38 bits per heavy atom. The zero-order chi connectivity index (χ0) is 5.56. The van der Waals surface area contributed by atoms with Crippen LogP contribution in [0.25, 0.3) is 0 Å². The lowest BCUT2D eigenvalue weighted by Crippen LogP contribution is -2.33. The summed E-state index contributed by atoms with van der Waals surface area (Å²) in [6, 6.07) is 0. The average molecular weight is 112 g/mol. The van der Waals surface area contributed by atoms with Gasteiger partial charge < -0.3 is 4.74 Å². The average Bonchev–Trinajstić information content (AvgIpc) is 2.09. The fraction of sp³-hybridized carbons (Fsp3) is 1.00. The highest BCUT2D eigenvalue weighted by Gasteiger charge is 2.41. The number of fused-ring (bicyclic) bond motifs is 1. The van der Waals surface area contributed by atoms with Crippen LogP contribution in [0.4, 0.5) is 0 Å². The fourth-order valence-electron chi connectivity index (χ4n) is 1.94. The molecule has 1 aliphatic heterocycles. The first kappa shape index (κ1) is 4.80. The molecule has 2 rings (SSSR count). The Morgan fingerprint density at radius 3 is 2.75 bits per heavy atom. The molecule has 0 aromatic rings. The molecule has 2 unspecified atom stereocenters. The summed E-state index contributed by atoms with van der Waals surface area (Å²) in [5, 5.41) is 0. The first-order chi connectivity index (χ1) is 3.88. The van der Waals surface area contributed by atoms with Gasteiger partial charge in [-0.2, -0.15) is 0 Å². The Kier molecular flexibility index (Phi) is 0.884. The van der Waals surface area contributed by atoms with Crippen molar-refractivity contribution in [3.05, 3.63) is 0 Å². The molecule has 1 saturated carbocycles. The molecule has 0 N–H and O–H groups in total. The van der Waals surface area contributed by atoms with Crippen LogP contribution in [0.3, 0.4) is 0 Å². The van der Waals surface area contributed by atoms with Gasteiger partial charge in [-0.1, -0.05) is 6.92 Å². The third-order valence-corrected chi connectivity index (χ3v) is 2.65. The van der Waals surface area contributed by atoms with Crippen molar-refractivity contribution in [2.75, 3.05) is 13.2 Å². The van der Waals surface area contributed by atoms with Crippen molar-refractivity contribution in [3.63, 3.8) is 0 Å². The Hall–Kier alpha value is -0.0400. The molecule has 1 saturated heterocycles. The van der Waals surface area contributed by atoms with Gasteiger partial charge in [-0.25, -0.2) is 0 Å². The van der Waals surface area contributed by atoms with Crippen LogP contribution in [0, 0.1) is 17.8 Å². The SMILES string of the molecule is C[C@H]1CC2COCC21. The molecule has 0 radical (unpaired) electrons. The van der Waals surface area contributed by atoms with Gasteiger partial charge in [-0.05, 0) is 24.2 Å². The topological polar surface area (TPSA) is 9.23 Å². The first-order valence-electron chi connectivity index (χ1n) is 3.45. The van der Waals surface area contributed by atoms with E-state index in [1.54, 1.807) is 0 Å². The van der Waals surface area contributed by atoms with Gasteiger partial charge in [0.05, 0.1) is 0 Å². The van der Waals surface area contributed by atoms with Crippen LogP contribution in [0.2, 0.25) is 0 Å². The maximum absolute atomic E-state index is 5.30. The minimum absolute atomic E-state index is 0.940. The minimum Gasteiger partial charge on any atom is -0.381 e.